The van der Waals surface area contributed by atoms with Gasteiger partial charge >= 0.3 is 5.97 Å². The van der Waals surface area contributed by atoms with Crippen molar-refractivity contribution in [2.24, 2.45) is 0 Å². The lowest BCUT2D eigenvalue weighted by Gasteiger charge is -2.01. The van der Waals surface area contributed by atoms with E-state index >= 15 is 0 Å². The average molecular weight is 265 g/mol. The summed E-state index contributed by atoms with van der Waals surface area (Å²) in [5.74, 6) is -1.19. The molecule has 2 aromatic rings. The third kappa shape index (κ3) is 2.56. The highest BCUT2D eigenvalue weighted by atomic mass is 32.1. The Hall–Kier alpha value is -1.75. The normalized spacial score (nSPS) is 10.6. The Labute approximate surface area is 108 Å². The van der Waals surface area contributed by atoms with Gasteiger partial charge in [-0.3, -0.25) is 0 Å². The number of aryl methyl sites for hydroxylation is 2. The molecule has 0 unspecified atom stereocenters. The highest BCUT2D eigenvalue weighted by Crippen LogP contribution is 2.21. The Morgan fingerprint density at radius 3 is 2.72 bits per heavy atom. The van der Waals surface area contributed by atoms with Gasteiger partial charge in [0.05, 0.1) is 10.7 Å². The maximum Gasteiger partial charge on any atom is 0.347 e. The fraction of sp³-hybridized carbons (Fsp3) is 0.231. The van der Waals surface area contributed by atoms with E-state index in [0.29, 0.717) is 17.7 Å². The molecule has 0 radical (unpaired) electrons. The number of nitrogens with zero attached hydrogens (tertiary/aromatic N) is 1. The zero-order valence-corrected chi connectivity index (χ0v) is 10.8. The van der Waals surface area contributed by atoms with Crippen LogP contribution in [0.5, 0.6) is 0 Å². The fourth-order valence-electron chi connectivity index (χ4n) is 1.72. The van der Waals surface area contributed by atoms with Crippen LogP contribution in [-0.2, 0) is 6.42 Å². The molecule has 0 fully saturated rings. The summed E-state index contributed by atoms with van der Waals surface area (Å²) >= 11 is 1.17. The Bertz CT molecular complexity index is 607. The number of thiazole rings is 1. The molecule has 3 nitrogen and oxygen atoms in total. The zero-order chi connectivity index (χ0) is 13.3. The number of aromatic carboxylic acids is 1. The number of aromatic nitrogens is 1. The fourth-order valence-corrected chi connectivity index (χ4v) is 2.66. The number of benzene rings is 1. The molecule has 0 spiro atoms. The van der Waals surface area contributed by atoms with E-state index in [1.165, 1.54) is 17.4 Å². The minimum Gasteiger partial charge on any atom is -0.477 e. The van der Waals surface area contributed by atoms with Crippen molar-refractivity contribution in [1.29, 1.82) is 0 Å². The van der Waals surface area contributed by atoms with E-state index in [2.05, 4.69) is 4.98 Å². The van der Waals surface area contributed by atoms with Crippen molar-refractivity contribution >= 4 is 17.3 Å². The summed E-state index contributed by atoms with van der Waals surface area (Å²) in [7, 11) is 0. The van der Waals surface area contributed by atoms with Gasteiger partial charge in [0.2, 0.25) is 0 Å². The van der Waals surface area contributed by atoms with Crippen molar-refractivity contribution in [3.63, 3.8) is 0 Å². The van der Waals surface area contributed by atoms with Gasteiger partial charge < -0.3 is 5.11 Å². The van der Waals surface area contributed by atoms with E-state index in [0.717, 1.165) is 10.6 Å². The summed E-state index contributed by atoms with van der Waals surface area (Å²) < 4.78 is 13.1. The molecule has 0 aliphatic carbocycles. The van der Waals surface area contributed by atoms with Crippen LogP contribution < -0.4 is 0 Å². The minimum atomic E-state index is -0.952. The van der Waals surface area contributed by atoms with Crippen molar-refractivity contribution in [2.75, 3.05) is 0 Å². The summed E-state index contributed by atoms with van der Waals surface area (Å²) in [4.78, 5) is 15.4. The third-order valence-corrected chi connectivity index (χ3v) is 3.76. The molecule has 1 heterocycles. The number of carboxylic acid groups (broad SMARTS) is 1. The van der Waals surface area contributed by atoms with Crippen molar-refractivity contribution in [3.05, 3.63) is 50.7 Å². The van der Waals surface area contributed by atoms with Gasteiger partial charge in [-0.25, -0.2) is 14.2 Å². The molecule has 0 aliphatic rings. The highest BCUT2D eigenvalue weighted by Gasteiger charge is 2.14. The van der Waals surface area contributed by atoms with Gasteiger partial charge in [0, 0.05) is 6.42 Å². The molecule has 0 atom stereocenters. The second-order valence-corrected chi connectivity index (χ2v) is 5.17. The zero-order valence-electron chi connectivity index (χ0n) is 10.0. The van der Waals surface area contributed by atoms with E-state index in [-0.39, 0.29) is 10.7 Å². The Morgan fingerprint density at radius 2 is 2.17 bits per heavy atom. The van der Waals surface area contributed by atoms with Crippen molar-refractivity contribution in [3.8, 4) is 0 Å². The van der Waals surface area contributed by atoms with E-state index in [9.17, 15) is 9.18 Å². The first-order valence-corrected chi connectivity index (χ1v) is 6.23. The van der Waals surface area contributed by atoms with E-state index in [1.807, 2.05) is 0 Å². The number of hydrogen-bond acceptors (Lipinski definition) is 3. The van der Waals surface area contributed by atoms with E-state index in [4.69, 9.17) is 5.11 Å². The molecule has 1 N–H and O–H groups in total. The maximum absolute atomic E-state index is 13.1. The number of rotatable bonds is 3. The molecule has 1 aromatic carbocycles. The first-order chi connectivity index (χ1) is 8.47. The van der Waals surface area contributed by atoms with Crippen LogP contribution >= 0.6 is 11.3 Å². The quantitative estimate of drug-likeness (QED) is 0.927. The van der Waals surface area contributed by atoms with E-state index in [1.54, 1.807) is 26.0 Å². The molecule has 0 saturated heterocycles. The largest absolute Gasteiger partial charge is 0.477 e. The smallest absolute Gasteiger partial charge is 0.347 e. The van der Waals surface area contributed by atoms with Crippen LogP contribution in [0.4, 0.5) is 4.39 Å². The molecule has 2 rings (SSSR count). The summed E-state index contributed by atoms with van der Waals surface area (Å²) in [6.45, 7) is 3.38. The van der Waals surface area contributed by atoms with Crippen molar-refractivity contribution in [1.82, 2.24) is 4.98 Å². The lowest BCUT2D eigenvalue weighted by Crippen LogP contribution is -1.94. The van der Waals surface area contributed by atoms with Crippen LogP contribution in [0.3, 0.4) is 0 Å². The number of carboxylic acids is 1. The topological polar surface area (TPSA) is 50.2 Å². The molecule has 18 heavy (non-hydrogen) atoms. The monoisotopic (exact) mass is 265 g/mol. The Morgan fingerprint density at radius 1 is 1.44 bits per heavy atom. The summed E-state index contributed by atoms with van der Waals surface area (Å²) in [6, 6.07) is 4.87. The van der Waals surface area contributed by atoms with Crippen LogP contribution in [0, 0.1) is 19.7 Å². The van der Waals surface area contributed by atoms with Crippen LogP contribution in [0.15, 0.2) is 18.2 Å². The lowest BCUT2D eigenvalue weighted by atomic mass is 10.1. The van der Waals surface area contributed by atoms with E-state index < -0.39 is 5.97 Å². The third-order valence-electron chi connectivity index (χ3n) is 2.61. The van der Waals surface area contributed by atoms with Crippen LogP contribution in [0.2, 0.25) is 0 Å². The predicted octanol–water partition coefficient (Wildman–Crippen LogP) is 3.19. The maximum atomic E-state index is 13.1. The van der Waals surface area contributed by atoms with Crippen molar-refractivity contribution < 1.29 is 14.3 Å². The van der Waals surface area contributed by atoms with Gasteiger partial charge in [-0.2, -0.15) is 0 Å². The van der Waals surface area contributed by atoms with Gasteiger partial charge in [-0.1, -0.05) is 12.1 Å². The molecular weight excluding hydrogens is 253 g/mol. The van der Waals surface area contributed by atoms with Gasteiger partial charge in [0.25, 0.3) is 0 Å². The second kappa shape index (κ2) is 4.86. The number of halogens is 1. The Balaban J connectivity index is 2.26. The predicted molar refractivity (Wildman–Crippen MR) is 67.8 cm³/mol. The second-order valence-electron chi connectivity index (χ2n) is 4.09. The molecule has 0 amide bonds. The van der Waals surface area contributed by atoms with Crippen LogP contribution in [0.25, 0.3) is 0 Å². The van der Waals surface area contributed by atoms with Gasteiger partial charge in [0.1, 0.15) is 10.7 Å². The molecule has 1 aromatic heterocycles. The Kier molecular flexibility index (Phi) is 3.43. The summed E-state index contributed by atoms with van der Waals surface area (Å²) in [6.07, 6.45) is 0.528. The molecule has 0 aliphatic heterocycles. The number of carbonyl (C=O) groups is 1. The van der Waals surface area contributed by atoms with Crippen molar-refractivity contribution in [2.45, 2.75) is 20.3 Å². The summed E-state index contributed by atoms with van der Waals surface area (Å²) in [5, 5.41) is 9.68. The standard InChI is InChI=1S/C13H12FNO2S/c1-7-5-9(3-4-10(7)14)6-11-15-8(2)12(18-11)13(16)17/h3-5H,6H2,1-2H3,(H,16,17). The molecule has 0 saturated carbocycles. The molecule has 0 bridgehead atoms. The van der Waals surface area contributed by atoms with Gasteiger partial charge in [0.15, 0.2) is 0 Å². The molecular formula is C13H12FNO2S. The minimum absolute atomic E-state index is 0.236. The average Bonchev–Trinajstić information content (AvgIpc) is 2.65. The first-order valence-electron chi connectivity index (χ1n) is 5.42. The lowest BCUT2D eigenvalue weighted by molar-refractivity contribution is 0.0701. The van der Waals surface area contributed by atoms with Gasteiger partial charge in [-0.15, -0.1) is 11.3 Å². The highest BCUT2D eigenvalue weighted by molar-refractivity contribution is 7.13. The van der Waals surface area contributed by atoms with Crippen LogP contribution in [-0.4, -0.2) is 16.1 Å². The van der Waals surface area contributed by atoms with Crippen LogP contribution in [0.1, 0.15) is 31.5 Å². The first kappa shape index (κ1) is 12.7. The van der Waals surface area contributed by atoms with Gasteiger partial charge in [-0.05, 0) is 31.0 Å². The summed E-state index contributed by atoms with van der Waals surface area (Å²) in [5.41, 5.74) is 2.04. The molecule has 94 valence electrons. The molecule has 5 heteroatoms. The number of hydrogen-bond donors (Lipinski definition) is 1. The SMILES string of the molecule is Cc1cc(Cc2nc(C)c(C(=O)O)s2)ccc1F.